The lowest BCUT2D eigenvalue weighted by Gasteiger charge is -2.36. The van der Waals surface area contributed by atoms with E-state index in [4.69, 9.17) is 5.73 Å². The monoisotopic (exact) mass is 319 g/mol. The first-order valence-electron chi connectivity index (χ1n) is 8.93. The molecule has 1 unspecified atom stereocenters. The van der Waals surface area contributed by atoms with Crippen molar-refractivity contribution < 1.29 is 0 Å². The van der Waals surface area contributed by atoms with Crippen LogP contribution in [0.4, 0.5) is 0 Å². The molecule has 0 radical (unpaired) electrons. The van der Waals surface area contributed by atoms with Crippen LogP contribution in [0.2, 0.25) is 0 Å². The second-order valence-electron chi connectivity index (χ2n) is 6.80. The highest BCUT2D eigenvalue weighted by Gasteiger charge is 2.26. The van der Waals surface area contributed by atoms with Crippen molar-refractivity contribution in [3.63, 3.8) is 0 Å². The van der Waals surface area contributed by atoms with Crippen molar-refractivity contribution in [2.75, 3.05) is 6.54 Å². The summed E-state index contributed by atoms with van der Waals surface area (Å²) in [6.45, 7) is 2.77. The molecule has 3 aromatic rings. The van der Waals surface area contributed by atoms with E-state index in [9.17, 15) is 0 Å². The summed E-state index contributed by atoms with van der Waals surface area (Å²) in [4.78, 5) is 6.08. The predicted octanol–water partition coefficient (Wildman–Crippen LogP) is 4.35. The molecule has 24 heavy (non-hydrogen) atoms. The zero-order chi connectivity index (χ0) is 16.4. The SMILES string of the molecule is NCc1cccc(CN2CCCCC2c2c[nH]c3ccccc23)c1. The van der Waals surface area contributed by atoms with Crippen molar-refractivity contribution in [2.24, 2.45) is 5.73 Å². The number of piperidine rings is 1. The molecular weight excluding hydrogens is 294 g/mol. The number of hydrogen-bond acceptors (Lipinski definition) is 2. The molecule has 0 spiro atoms. The van der Waals surface area contributed by atoms with Crippen LogP contribution in [0.25, 0.3) is 10.9 Å². The number of para-hydroxylation sites is 1. The van der Waals surface area contributed by atoms with E-state index < -0.39 is 0 Å². The zero-order valence-electron chi connectivity index (χ0n) is 14.0. The van der Waals surface area contributed by atoms with Gasteiger partial charge in [-0.15, -0.1) is 0 Å². The van der Waals surface area contributed by atoms with Gasteiger partial charge < -0.3 is 10.7 Å². The van der Waals surface area contributed by atoms with Gasteiger partial charge in [0.05, 0.1) is 0 Å². The molecule has 2 aromatic carbocycles. The third-order valence-electron chi connectivity index (χ3n) is 5.21. The number of likely N-dealkylation sites (tertiary alicyclic amines) is 1. The number of aromatic nitrogens is 1. The third kappa shape index (κ3) is 2.97. The summed E-state index contributed by atoms with van der Waals surface area (Å²) in [5, 5.41) is 1.37. The largest absolute Gasteiger partial charge is 0.361 e. The average molecular weight is 319 g/mol. The second kappa shape index (κ2) is 6.80. The van der Waals surface area contributed by atoms with Crippen LogP contribution in [0, 0.1) is 0 Å². The standard InChI is InChI=1S/C21H25N3/c22-13-16-6-5-7-17(12-16)15-24-11-4-3-10-21(24)19-14-23-20-9-2-1-8-18(19)20/h1-2,5-9,12,14,21,23H,3-4,10-11,13,15,22H2. The van der Waals surface area contributed by atoms with Gasteiger partial charge in [0.15, 0.2) is 0 Å². The minimum absolute atomic E-state index is 0.497. The first-order chi connectivity index (χ1) is 11.8. The Morgan fingerprint density at radius 2 is 1.92 bits per heavy atom. The topological polar surface area (TPSA) is 45.0 Å². The van der Waals surface area contributed by atoms with Crippen molar-refractivity contribution in [3.8, 4) is 0 Å². The Hall–Kier alpha value is -2.10. The van der Waals surface area contributed by atoms with Crippen LogP contribution in [0.3, 0.4) is 0 Å². The van der Waals surface area contributed by atoms with E-state index in [-0.39, 0.29) is 0 Å². The quantitative estimate of drug-likeness (QED) is 0.751. The van der Waals surface area contributed by atoms with E-state index in [1.165, 1.54) is 46.9 Å². The summed E-state index contributed by atoms with van der Waals surface area (Å²) in [5.74, 6) is 0. The Morgan fingerprint density at radius 1 is 1.04 bits per heavy atom. The van der Waals surface area contributed by atoms with Crippen LogP contribution in [0.5, 0.6) is 0 Å². The lowest BCUT2D eigenvalue weighted by molar-refractivity contribution is 0.141. The number of nitrogens with one attached hydrogen (secondary N) is 1. The number of H-pyrrole nitrogens is 1. The van der Waals surface area contributed by atoms with Crippen LogP contribution in [-0.4, -0.2) is 16.4 Å². The predicted molar refractivity (Wildman–Crippen MR) is 99.6 cm³/mol. The molecule has 1 fully saturated rings. The van der Waals surface area contributed by atoms with Crippen molar-refractivity contribution in [3.05, 3.63) is 71.4 Å². The van der Waals surface area contributed by atoms with Gasteiger partial charge in [0.2, 0.25) is 0 Å². The molecule has 2 heterocycles. The van der Waals surface area contributed by atoms with Gasteiger partial charge in [-0.25, -0.2) is 0 Å². The number of nitrogens with zero attached hydrogens (tertiary/aromatic N) is 1. The highest BCUT2D eigenvalue weighted by atomic mass is 15.2. The Morgan fingerprint density at radius 3 is 2.83 bits per heavy atom. The molecule has 1 aliphatic heterocycles. The van der Waals surface area contributed by atoms with Crippen LogP contribution in [0.15, 0.2) is 54.7 Å². The number of rotatable bonds is 4. The molecular formula is C21H25N3. The maximum Gasteiger partial charge on any atom is 0.0457 e. The van der Waals surface area contributed by atoms with Gasteiger partial charge >= 0.3 is 0 Å². The van der Waals surface area contributed by atoms with Gasteiger partial charge in [0.25, 0.3) is 0 Å². The highest BCUT2D eigenvalue weighted by molar-refractivity contribution is 5.83. The molecule has 1 atom stereocenters. The summed E-state index contributed by atoms with van der Waals surface area (Å²) < 4.78 is 0. The molecule has 0 amide bonds. The molecule has 0 saturated carbocycles. The summed E-state index contributed by atoms with van der Waals surface area (Å²) in [6, 6.07) is 17.8. The first kappa shape index (κ1) is 15.4. The summed E-state index contributed by atoms with van der Waals surface area (Å²) in [7, 11) is 0. The fourth-order valence-electron chi connectivity index (χ4n) is 3.99. The summed E-state index contributed by atoms with van der Waals surface area (Å²) in [6.07, 6.45) is 6.04. The van der Waals surface area contributed by atoms with E-state index in [1.54, 1.807) is 0 Å². The van der Waals surface area contributed by atoms with Crippen LogP contribution < -0.4 is 5.73 Å². The molecule has 3 heteroatoms. The molecule has 3 nitrogen and oxygen atoms in total. The smallest absolute Gasteiger partial charge is 0.0457 e. The van der Waals surface area contributed by atoms with Crippen molar-refractivity contribution in [1.82, 2.24) is 9.88 Å². The fourth-order valence-corrected chi connectivity index (χ4v) is 3.99. The van der Waals surface area contributed by atoms with Crippen LogP contribution in [-0.2, 0) is 13.1 Å². The molecule has 3 N–H and O–H groups in total. The molecule has 0 aliphatic carbocycles. The minimum Gasteiger partial charge on any atom is -0.361 e. The lowest BCUT2D eigenvalue weighted by Crippen LogP contribution is -2.32. The maximum atomic E-state index is 5.80. The Kier molecular flexibility index (Phi) is 4.37. The highest BCUT2D eigenvalue weighted by Crippen LogP contribution is 2.35. The van der Waals surface area contributed by atoms with Crippen LogP contribution >= 0.6 is 0 Å². The Bertz CT molecular complexity index is 821. The molecule has 1 aliphatic rings. The van der Waals surface area contributed by atoms with Crippen molar-refractivity contribution >= 4 is 10.9 Å². The van der Waals surface area contributed by atoms with Gasteiger partial charge in [0, 0.05) is 36.2 Å². The van der Waals surface area contributed by atoms with E-state index in [2.05, 4.69) is 64.6 Å². The van der Waals surface area contributed by atoms with E-state index in [0.717, 1.165) is 13.1 Å². The zero-order valence-corrected chi connectivity index (χ0v) is 14.0. The fraction of sp³-hybridized carbons (Fsp3) is 0.333. The molecule has 124 valence electrons. The number of benzene rings is 2. The Balaban J connectivity index is 1.63. The second-order valence-corrected chi connectivity index (χ2v) is 6.80. The first-order valence-corrected chi connectivity index (χ1v) is 8.93. The molecule has 1 aromatic heterocycles. The van der Waals surface area contributed by atoms with Gasteiger partial charge in [-0.05, 0) is 42.1 Å². The summed E-state index contributed by atoms with van der Waals surface area (Å²) >= 11 is 0. The number of nitrogens with two attached hydrogens (primary N) is 1. The van der Waals surface area contributed by atoms with Gasteiger partial charge in [-0.2, -0.15) is 0 Å². The average Bonchev–Trinajstić information content (AvgIpc) is 3.06. The number of hydrogen-bond donors (Lipinski definition) is 2. The van der Waals surface area contributed by atoms with Gasteiger partial charge in [-0.3, -0.25) is 4.90 Å². The van der Waals surface area contributed by atoms with Crippen molar-refractivity contribution in [1.29, 1.82) is 0 Å². The van der Waals surface area contributed by atoms with Gasteiger partial charge in [-0.1, -0.05) is 48.9 Å². The summed E-state index contributed by atoms with van der Waals surface area (Å²) in [5.41, 5.74) is 11.1. The normalized spacial score (nSPS) is 19.0. The third-order valence-corrected chi connectivity index (χ3v) is 5.21. The van der Waals surface area contributed by atoms with Gasteiger partial charge in [0.1, 0.15) is 0 Å². The van der Waals surface area contributed by atoms with E-state index in [0.29, 0.717) is 12.6 Å². The minimum atomic E-state index is 0.497. The number of fused-ring (bicyclic) bond motifs is 1. The van der Waals surface area contributed by atoms with Crippen molar-refractivity contribution in [2.45, 2.75) is 38.4 Å². The number of aromatic amines is 1. The van der Waals surface area contributed by atoms with Crippen LogP contribution in [0.1, 0.15) is 42.0 Å². The Labute approximate surface area is 143 Å². The van der Waals surface area contributed by atoms with E-state index >= 15 is 0 Å². The molecule has 1 saturated heterocycles. The van der Waals surface area contributed by atoms with E-state index in [1.807, 2.05) is 0 Å². The lowest BCUT2D eigenvalue weighted by atomic mass is 9.94. The maximum absolute atomic E-state index is 5.80. The molecule has 0 bridgehead atoms. The molecule has 4 rings (SSSR count).